The largest absolute Gasteiger partial charge is 1.00 e. The van der Waals surface area contributed by atoms with Crippen LogP contribution < -0.4 is 24.0 Å². The summed E-state index contributed by atoms with van der Waals surface area (Å²) in [5, 5.41) is 0. The van der Waals surface area contributed by atoms with Gasteiger partial charge in [-0.2, -0.15) is 0 Å². The van der Waals surface area contributed by atoms with Crippen LogP contribution in [0.15, 0.2) is 36.4 Å². The fourth-order valence-corrected chi connectivity index (χ4v) is 0.736. The Hall–Kier alpha value is -0.217. The third-order valence-corrected chi connectivity index (χ3v) is 1.33. The van der Waals surface area contributed by atoms with Gasteiger partial charge in [-0.15, -0.1) is 0 Å². The van der Waals surface area contributed by atoms with Crippen LogP contribution >= 0.6 is 0 Å². The van der Waals surface area contributed by atoms with E-state index in [2.05, 4.69) is 10.8 Å². The zero-order valence-electron chi connectivity index (χ0n) is 7.87. The van der Waals surface area contributed by atoms with Gasteiger partial charge in [0.25, 0.3) is 0 Å². The molecule has 0 bridgehead atoms. The molecule has 0 spiro atoms. The minimum Gasteiger partial charge on any atom is -1.00 e. The minimum atomic E-state index is -0.390. The number of halogens is 1. The molecule has 0 unspecified atom stereocenters. The number of methoxy groups -OCH3 is 1. The molecule has 1 aromatic carbocycles. The Morgan fingerprint density at radius 1 is 1.36 bits per heavy atom. The van der Waals surface area contributed by atoms with Gasteiger partial charge in [0.15, 0.2) is 0 Å². The van der Waals surface area contributed by atoms with Crippen molar-refractivity contribution >= 4 is 5.97 Å². The monoisotopic (exact) mass is 352 g/mol. The topological polar surface area (TPSA) is 26.3 Å². The van der Waals surface area contributed by atoms with Crippen LogP contribution in [-0.4, -0.2) is 13.1 Å². The Morgan fingerprint density at radius 3 is 2.43 bits per heavy atom. The maximum atomic E-state index is 10.6. The van der Waals surface area contributed by atoms with Crippen molar-refractivity contribution in [3.63, 3.8) is 0 Å². The van der Waals surface area contributed by atoms with Gasteiger partial charge in [0.2, 0.25) is 0 Å². The predicted octanol–water partition coefficient (Wildman–Crippen LogP) is -1.43. The van der Waals surface area contributed by atoms with Crippen molar-refractivity contribution in [2.24, 2.45) is 0 Å². The minimum absolute atomic E-state index is 0. The normalized spacial score (nSPS) is 8.64. The van der Waals surface area contributed by atoms with Crippen LogP contribution in [0.25, 0.3) is 0 Å². The molecule has 0 aliphatic heterocycles. The molecule has 0 saturated carbocycles. The summed E-state index contributed by atoms with van der Waals surface area (Å²) in [6, 6.07) is 9.39. The molecule has 0 aliphatic carbocycles. The second-order valence-corrected chi connectivity index (χ2v) is 2.18. The fraction of sp³-hybridized carbons (Fsp3) is 0.100. The van der Waals surface area contributed by atoms with Crippen molar-refractivity contribution in [1.82, 2.24) is 0 Å². The van der Waals surface area contributed by atoms with Crippen LogP contribution in [0, 0.1) is 6.08 Å². The third kappa shape index (κ3) is 6.27. The van der Waals surface area contributed by atoms with E-state index in [0.717, 1.165) is 5.56 Å². The first-order valence-corrected chi connectivity index (χ1v) is 3.55. The van der Waals surface area contributed by atoms with Gasteiger partial charge in [0, 0.05) is 25.6 Å². The van der Waals surface area contributed by atoms with Crippen molar-refractivity contribution in [3.05, 3.63) is 48.0 Å². The Labute approximate surface area is 114 Å². The van der Waals surface area contributed by atoms with Crippen LogP contribution in [0.4, 0.5) is 0 Å². The van der Waals surface area contributed by atoms with Gasteiger partial charge < -0.3 is 28.7 Å². The van der Waals surface area contributed by atoms with E-state index in [9.17, 15) is 4.79 Å². The molecular weight excluding hydrogens is 344 g/mol. The third-order valence-electron chi connectivity index (χ3n) is 1.33. The van der Waals surface area contributed by atoms with Crippen molar-refractivity contribution in [1.29, 1.82) is 0 Å². The van der Waals surface area contributed by atoms with E-state index in [-0.39, 0.29) is 49.4 Å². The summed E-state index contributed by atoms with van der Waals surface area (Å²) in [5.74, 6) is -0.390. The Bertz CT molecular complexity index is 285. The molecule has 14 heavy (non-hydrogen) atoms. The second-order valence-electron chi connectivity index (χ2n) is 2.18. The summed E-state index contributed by atoms with van der Waals surface area (Å²) in [6.07, 6.45) is 4.07. The van der Waals surface area contributed by atoms with Gasteiger partial charge in [-0.1, -0.05) is 30.3 Å². The summed E-state index contributed by atoms with van der Waals surface area (Å²) in [5.41, 5.74) is 0.864. The van der Waals surface area contributed by atoms with Gasteiger partial charge in [-0.25, -0.2) is 4.79 Å². The number of esters is 1. The summed E-state index contributed by atoms with van der Waals surface area (Å²) in [7, 11) is 1.34. The molecule has 0 aliphatic rings. The molecule has 1 rings (SSSR count). The van der Waals surface area contributed by atoms with Gasteiger partial charge in [-0.05, 0) is 11.6 Å². The summed E-state index contributed by atoms with van der Waals surface area (Å²) >= 11 is 0. The molecule has 0 fully saturated rings. The van der Waals surface area contributed by atoms with E-state index in [1.165, 1.54) is 13.2 Å². The van der Waals surface area contributed by atoms with Crippen LogP contribution in [-0.2, 0) is 29.0 Å². The number of carbonyl (C=O) groups excluding carboxylic acids is 1. The summed E-state index contributed by atoms with van der Waals surface area (Å²) in [6.45, 7) is 0. The second kappa shape index (κ2) is 9.34. The zero-order chi connectivity index (χ0) is 8.81. The van der Waals surface area contributed by atoms with E-state index in [4.69, 9.17) is 0 Å². The van der Waals surface area contributed by atoms with Crippen LogP contribution in [0.3, 0.4) is 0 Å². The van der Waals surface area contributed by atoms with Crippen LogP contribution in [0.1, 0.15) is 5.56 Å². The first-order valence-electron chi connectivity index (χ1n) is 3.55. The standard InChI is InChI=1S/C10H9O2.HI.Zn/c1-12-10(11)8-7-9-5-3-2-4-6-9;;/h2-6,8H,1H3;1H;/p-1. The molecule has 0 heterocycles. The van der Waals surface area contributed by atoms with Crippen molar-refractivity contribution in [2.75, 3.05) is 7.11 Å². The van der Waals surface area contributed by atoms with Gasteiger partial charge >= 0.3 is 5.97 Å². The molecule has 1 aromatic rings. The Kier molecular flexibility index (Phi) is 10.8. The summed E-state index contributed by atoms with van der Waals surface area (Å²) in [4.78, 5) is 10.6. The number of hydrogen-bond donors (Lipinski definition) is 0. The molecule has 2 nitrogen and oxygen atoms in total. The van der Waals surface area contributed by atoms with Gasteiger partial charge in [0.1, 0.15) is 0 Å². The van der Waals surface area contributed by atoms with Crippen LogP contribution in [0.2, 0.25) is 0 Å². The van der Waals surface area contributed by atoms with Crippen molar-refractivity contribution < 1.29 is 53.0 Å². The van der Waals surface area contributed by atoms with E-state index < -0.39 is 0 Å². The number of ether oxygens (including phenoxy) is 1. The Balaban J connectivity index is 0. The molecule has 0 aromatic heterocycles. The number of hydrogen-bond acceptors (Lipinski definition) is 2. The van der Waals surface area contributed by atoms with Gasteiger partial charge in [0.05, 0.1) is 7.11 Å². The van der Waals surface area contributed by atoms with E-state index in [1.807, 2.05) is 30.3 Å². The number of rotatable bonds is 2. The Morgan fingerprint density at radius 2 is 1.93 bits per heavy atom. The predicted molar refractivity (Wildman–Crippen MR) is 45.4 cm³/mol. The molecule has 0 N–H and O–H groups in total. The molecule has 71 valence electrons. The summed E-state index contributed by atoms with van der Waals surface area (Å²) < 4.78 is 4.41. The molecular formula is C10H9IO2Zn-. The molecule has 0 saturated heterocycles. The van der Waals surface area contributed by atoms with E-state index >= 15 is 0 Å². The number of benzene rings is 1. The average molecular weight is 353 g/mol. The van der Waals surface area contributed by atoms with Gasteiger partial charge in [-0.3, -0.25) is 0 Å². The molecule has 1 radical (unpaired) electrons. The average Bonchev–Trinajstić information content (AvgIpc) is 2.16. The van der Waals surface area contributed by atoms with E-state index in [1.54, 1.807) is 0 Å². The molecule has 0 atom stereocenters. The smallest absolute Gasteiger partial charge is 0.331 e. The maximum absolute atomic E-state index is 10.6. The zero-order valence-corrected chi connectivity index (χ0v) is 13.0. The first-order chi connectivity index (χ1) is 5.83. The van der Waals surface area contributed by atoms with Crippen molar-refractivity contribution in [3.8, 4) is 0 Å². The fourth-order valence-electron chi connectivity index (χ4n) is 0.736. The molecule has 4 heteroatoms. The van der Waals surface area contributed by atoms with E-state index in [0.29, 0.717) is 0 Å². The maximum Gasteiger partial charge on any atom is 0.331 e. The molecule has 0 amide bonds. The quantitative estimate of drug-likeness (QED) is 0.282. The van der Waals surface area contributed by atoms with Crippen LogP contribution in [0.5, 0.6) is 0 Å². The number of carbonyl (C=O) groups is 1. The van der Waals surface area contributed by atoms with Crippen molar-refractivity contribution in [2.45, 2.75) is 0 Å². The first kappa shape index (κ1) is 16.2. The SMILES string of the molecule is COC(=O)C=[C]c1ccccc1.[I-].[Zn].